The second-order valence-electron chi connectivity index (χ2n) is 6.29. The first-order chi connectivity index (χ1) is 13.1. The van der Waals surface area contributed by atoms with Crippen LogP contribution in [-0.2, 0) is 9.53 Å². The van der Waals surface area contributed by atoms with E-state index < -0.39 is 5.97 Å². The Labute approximate surface area is 169 Å². The minimum Gasteiger partial charge on any atom is -0.462 e. The molecule has 0 aliphatic rings. The summed E-state index contributed by atoms with van der Waals surface area (Å²) in [7, 11) is 0. The minimum absolute atomic E-state index is 0.0591. The van der Waals surface area contributed by atoms with Gasteiger partial charge in [0.2, 0.25) is 0 Å². The zero-order valence-corrected chi connectivity index (χ0v) is 17.1. The van der Waals surface area contributed by atoms with Crippen LogP contribution in [0.4, 0.5) is 0 Å². The number of benzene rings is 1. The maximum atomic E-state index is 12.1. The minimum atomic E-state index is -0.605. The molecule has 0 bridgehead atoms. The molecule has 0 spiro atoms. The van der Waals surface area contributed by atoms with E-state index in [4.69, 9.17) is 9.15 Å². The Bertz CT molecular complexity index is 817. The molecule has 27 heavy (non-hydrogen) atoms. The molecule has 0 saturated carbocycles. The monoisotopic (exact) mass is 429 g/mol. The molecule has 2 aromatic rings. The van der Waals surface area contributed by atoms with E-state index in [0.29, 0.717) is 18.1 Å². The van der Waals surface area contributed by atoms with Gasteiger partial charge in [0, 0.05) is 16.1 Å². The molecule has 1 aromatic carbocycles. The van der Waals surface area contributed by atoms with E-state index in [0.717, 1.165) is 29.3 Å². The standard InChI is InChI=1S/C22H24BrNO3/c1-2-3-4-5-6-7-13-26-22(25)18(16-24)15-20-11-12-21(27-20)17-9-8-10-19(23)14-17/h8-12,14-15H,2-7,13H2,1H3/b18-15+. The first-order valence-corrected chi connectivity index (χ1v) is 10.1. The zero-order chi connectivity index (χ0) is 19.5. The number of rotatable bonds is 10. The fraction of sp³-hybridized carbons (Fsp3) is 0.364. The van der Waals surface area contributed by atoms with E-state index in [-0.39, 0.29) is 5.57 Å². The van der Waals surface area contributed by atoms with Gasteiger partial charge in [0.05, 0.1) is 6.61 Å². The first kappa shape index (κ1) is 21.0. The molecule has 4 nitrogen and oxygen atoms in total. The third-order valence-electron chi connectivity index (χ3n) is 4.09. The lowest BCUT2D eigenvalue weighted by atomic mass is 10.1. The zero-order valence-electron chi connectivity index (χ0n) is 15.5. The summed E-state index contributed by atoms with van der Waals surface area (Å²) in [5.74, 6) is 0.504. The Morgan fingerprint density at radius 3 is 2.70 bits per heavy atom. The van der Waals surface area contributed by atoms with E-state index in [1.165, 1.54) is 25.3 Å². The summed E-state index contributed by atoms with van der Waals surface area (Å²) >= 11 is 3.43. The number of furan rings is 1. The number of carbonyl (C=O) groups is 1. The Balaban J connectivity index is 1.90. The van der Waals surface area contributed by atoms with Gasteiger partial charge in [-0.25, -0.2) is 4.79 Å². The van der Waals surface area contributed by atoms with Gasteiger partial charge in [-0.15, -0.1) is 0 Å². The smallest absolute Gasteiger partial charge is 0.349 e. The van der Waals surface area contributed by atoms with Crippen LogP contribution in [0.25, 0.3) is 17.4 Å². The van der Waals surface area contributed by atoms with Crippen LogP contribution in [0.2, 0.25) is 0 Å². The molecule has 142 valence electrons. The van der Waals surface area contributed by atoms with E-state index in [9.17, 15) is 10.1 Å². The average molecular weight is 430 g/mol. The predicted octanol–water partition coefficient (Wildman–Crippen LogP) is 6.52. The van der Waals surface area contributed by atoms with Crippen LogP contribution < -0.4 is 0 Å². The van der Waals surface area contributed by atoms with Crippen molar-refractivity contribution in [3.63, 3.8) is 0 Å². The number of nitriles is 1. The second-order valence-corrected chi connectivity index (χ2v) is 7.20. The van der Waals surface area contributed by atoms with Gasteiger partial charge in [0.15, 0.2) is 0 Å². The Morgan fingerprint density at radius 2 is 1.96 bits per heavy atom. The molecule has 0 unspecified atom stereocenters. The molecule has 2 rings (SSSR count). The van der Waals surface area contributed by atoms with Gasteiger partial charge in [0.1, 0.15) is 23.2 Å². The number of carbonyl (C=O) groups excluding carboxylic acids is 1. The maximum Gasteiger partial charge on any atom is 0.349 e. The first-order valence-electron chi connectivity index (χ1n) is 9.28. The number of esters is 1. The summed E-state index contributed by atoms with van der Waals surface area (Å²) in [5.41, 5.74) is 0.851. The number of ether oxygens (including phenoxy) is 1. The molecule has 0 fully saturated rings. The van der Waals surface area contributed by atoms with E-state index in [1.54, 1.807) is 6.07 Å². The number of halogens is 1. The molecular weight excluding hydrogens is 406 g/mol. The SMILES string of the molecule is CCCCCCCCOC(=O)/C(C#N)=C/c1ccc(-c2cccc(Br)c2)o1. The summed E-state index contributed by atoms with van der Waals surface area (Å²) in [6, 6.07) is 13.1. The fourth-order valence-electron chi connectivity index (χ4n) is 2.63. The van der Waals surface area contributed by atoms with Crippen molar-refractivity contribution in [2.24, 2.45) is 0 Å². The quantitative estimate of drug-likeness (QED) is 0.186. The van der Waals surface area contributed by atoms with Gasteiger partial charge in [0.25, 0.3) is 0 Å². The van der Waals surface area contributed by atoms with Gasteiger partial charge in [-0.2, -0.15) is 5.26 Å². The molecule has 1 aromatic heterocycles. The second kappa shape index (κ2) is 11.4. The highest BCUT2D eigenvalue weighted by Gasteiger charge is 2.12. The van der Waals surface area contributed by atoms with Crippen LogP contribution in [0.1, 0.15) is 51.2 Å². The van der Waals surface area contributed by atoms with Crippen molar-refractivity contribution in [3.8, 4) is 17.4 Å². The van der Waals surface area contributed by atoms with Crippen LogP contribution in [0, 0.1) is 11.3 Å². The number of hydrogen-bond acceptors (Lipinski definition) is 4. The highest BCUT2D eigenvalue weighted by atomic mass is 79.9. The van der Waals surface area contributed by atoms with Crippen LogP contribution in [0.15, 0.2) is 50.9 Å². The lowest BCUT2D eigenvalue weighted by Gasteiger charge is -2.03. The van der Waals surface area contributed by atoms with E-state index in [1.807, 2.05) is 36.4 Å². The molecule has 5 heteroatoms. The summed E-state index contributed by atoms with van der Waals surface area (Å²) in [4.78, 5) is 12.1. The van der Waals surface area contributed by atoms with Crippen LogP contribution in [-0.4, -0.2) is 12.6 Å². The van der Waals surface area contributed by atoms with Gasteiger partial charge in [-0.05, 0) is 30.7 Å². The molecule has 1 heterocycles. The van der Waals surface area contributed by atoms with Crippen LogP contribution in [0.3, 0.4) is 0 Å². The van der Waals surface area contributed by atoms with Crippen LogP contribution >= 0.6 is 15.9 Å². The van der Waals surface area contributed by atoms with Crippen molar-refractivity contribution in [3.05, 3.63) is 52.2 Å². The number of hydrogen-bond donors (Lipinski definition) is 0. The molecule has 0 radical (unpaired) electrons. The van der Waals surface area contributed by atoms with E-state index in [2.05, 4.69) is 22.9 Å². The summed E-state index contributed by atoms with van der Waals surface area (Å²) in [6.07, 6.45) is 8.09. The third kappa shape index (κ3) is 7.07. The number of nitrogens with zero attached hydrogens (tertiary/aromatic N) is 1. The van der Waals surface area contributed by atoms with Gasteiger partial charge >= 0.3 is 5.97 Å². The third-order valence-corrected chi connectivity index (χ3v) is 4.59. The Morgan fingerprint density at radius 1 is 1.19 bits per heavy atom. The topological polar surface area (TPSA) is 63.2 Å². The molecule has 0 N–H and O–H groups in total. The fourth-order valence-corrected chi connectivity index (χ4v) is 3.03. The summed E-state index contributed by atoms with van der Waals surface area (Å²) in [5, 5.41) is 9.25. The normalized spacial score (nSPS) is 11.2. The highest BCUT2D eigenvalue weighted by Crippen LogP contribution is 2.26. The molecular formula is C22H24BrNO3. The molecule has 0 amide bonds. The van der Waals surface area contributed by atoms with E-state index >= 15 is 0 Å². The molecule has 0 atom stereocenters. The largest absolute Gasteiger partial charge is 0.462 e. The van der Waals surface area contributed by atoms with Crippen molar-refractivity contribution in [1.82, 2.24) is 0 Å². The van der Waals surface area contributed by atoms with Crippen molar-refractivity contribution in [2.75, 3.05) is 6.61 Å². The van der Waals surface area contributed by atoms with Crippen molar-refractivity contribution in [2.45, 2.75) is 45.4 Å². The van der Waals surface area contributed by atoms with Crippen molar-refractivity contribution >= 4 is 28.0 Å². The Hall–Kier alpha value is -2.32. The van der Waals surface area contributed by atoms with Crippen LogP contribution in [0.5, 0.6) is 0 Å². The lowest BCUT2D eigenvalue weighted by Crippen LogP contribution is -2.07. The van der Waals surface area contributed by atoms with Gasteiger partial charge < -0.3 is 9.15 Å². The van der Waals surface area contributed by atoms with Gasteiger partial charge in [-0.3, -0.25) is 0 Å². The highest BCUT2D eigenvalue weighted by molar-refractivity contribution is 9.10. The molecule has 0 aliphatic carbocycles. The lowest BCUT2D eigenvalue weighted by molar-refractivity contribution is -0.138. The van der Waals surface area contributed by atoms with Gasteiger partial charge in [-0.1, -0.05) is 67.1 Å². The summed E-state index contributed by atoms with van der Waals surface area (Å²) in [6.45, 7) is 2.52. The molecule has 0 aliphatic heterocycles. The molecule has 0 saturated heterocycles. The van der Waals surface area contributed by atoms with Crippen molar-refractivity contribution in [1.29, 1.82) is 5.26 Å². The average Bonchev–Trinajstić information content (AvgIpc) is 3.14. The predicted molar refractivity (Wildman–Crippen MR) is 110 cm³/mol. The maximum absolute atomic E-state index is 12.1. The van der Waals surface area contributed by atoms with Crippen molar-refractivity contribution < 1.29 is 13.9 Å². The summed E-state index contributed by atoms with van der Waals surface area (Å²) < 4.78 is 11.9. The Kier molecular flexibility index (Phi) is 8.86. The number of unbranched alkanes of at least 4 members (excludes halogenated alkanes) is 5.